The lowest BCUT2D eigenvalue weighted by molar-refractivity contribution is -0.120. The van der Waals surface area contributed by atoms with E-state index in [1.165, 1.54) is 6.20 Å². The number of aryl methyl sites for hydroxylation is 2. The first-order valence-electron chi connectivity index (χ1n) is 12.0. The number of ether oxygens (including phenoxy) is 1. The van der Waals surface area contributed by atoms with Crippen molar-refractivity contribution in [2.75, 3.05) is 13.2 Å². The van der Waals surface area contributed by atoms with Gasteiger partial charge in [-0.15, -0.1) is 0 Å². The highest BCUT2D eigenvalue weighted by atomic mass is 19.3. The van der Waals surface area contributed by atoms with Crippen LogP contribution in [0.3, 0.4) is 0 Å². The second kappa shape index (κ2) is 10.6. The Morgan fingerprint density at radius 2 is 2.05 bits per heavy atom. The van der Waals surface area contributed by atoms with E-state index in [0.29, 0.717) is 36.3 Å². The molecule has 0 spiro atoms. The molecular formula is C26H30F2N6O3. The van der Waals surface area contributed by atoms with Gasteiger partial charge >= 0.3 is 0 Å². The topological polar surface area (TPSA) is 113 Å². The lowest BCUT2D eigenvalue weighted by Crippen LogP contribution is -2.28. The lowest BCUT2D eigenvalue weighted by atomic mass is 10.1. The van der Waals surface area contributed by atoms with Crippen molar-refractivity contribution in [2.24, 2.45) is 0 Å². The molecule has 1 atom stereocenters. The molecule has 2 amide bonds. The second-order valence-corrected chi connectivity index (χ2v) is 9.43. The van der Waals surface area contributed by atoms with Crippen molar-refractivity contribution in [3.05, 3.63) is 70.2 Å². The van der Waals surface area contributed by atoms with E-state index in [2.05, 4.69) is 25.3 Å². The van der Waals surface area contributed by atoms with Gasteiger partial charge in [-0.25, -0.2) is 18.7 Å². The molecule has 1 aliphatic heterocycles. The highest BCUT2D eigenvalue weighted by Crippen LogP contribution is 2.33. The van der Waals surface area contributed by atoms with Crippen LogP contribution in [0.25, 0.3) is 0 Å². The highest BCUT2D eigenvalue weighted by molar-refractivity contribution is 5.99. The van der Waals surface area contributed by atoms with Crippen LogP contribution in [0.15, 0.2) is 30.7 Å². The van der Waals surface area contributed by atoms with Gasteiger partial charge in [0.2, 0.25) is 11.8 Å². The number of carbonyl (C=O) groups excluding carboxylic acids is 2. The standard InChI is InChI=1S/C26H30F2N6O3/c1-15-9-18(12-32-24(15)37-14-26(4,27)28)17(3)34-13-20-19(25(34)36)5-7-29-21(20)10-23(35)30-8-6-22-31-11-16(2)33-22/h5,7,9,11-12,17H,6,8,10,13-14H2,1-4H3,(H,30,35)(H,31,33). The van der Waals surface area contributed by atoms with Gasteiger partial charge in [0.05, 0.1) is 18.2 Å². The SMILES string of the molecule is Cc1cnc(CCNC(=O)Cc2nccc3c2CN(C(C)c2cnc(OCC(C)(F)F)c(C)c2)C3=O)[nH]1. The van der Waals surface area contributed by atoms with Gasteiger partial charge in [-0.05, 0) is 38.5 Å². The zero-order valence-corrected chi connectivity index (χ0v) is 21.3. The predicted molar refractivity (Wildman–Crippen MR) is 131 cm³/mol. The van der Waals surface area contributed by atoms with Crippen molar-refractivity contribution in [2.45, 2.75) is 59.0 Å². The van der Waals surface area contributed by atoms with Crippen LogP contribution in [0.2, 0.25) is 0 Å². The van der Waals surface area contributed by atoms with E-state index in [-0.39, 0.29) is 30.2 Å². The molecule has 3 aromatic rings. The fraction of sp³-hybridized carbons (Fsp3) is 0.423. The second-order valence-electron chi connectivity index (χ2n) is 9.43. The van der Waals surface area contributed by atoms with E-state index in [4.69, 9.17) is 4.74 Å². The third kappa shape index (κ3) is 6.28. The molecule has 1 unspecified atom stereocenters. The molecule has 0 saturated carbocycles. The molecule has 0 aromatic carbocycles. The molecule has 9 nitrogen and oxygen atoms in total. The van der Waals surface area contributed by atoms with Gasteiger partial charge in [0.25, 0.3) is 11.8 Å². The van der Waals surface area contributed by atoms with Crippen LogP contribution in [-0.4, -0.2) is 55.7 Å². The number of amides is 2. The Morgan fingerprint density at radius 3 is 2.73 bits per heavy atom. The number of hydrogen-bond donors (Lipinski definition) is 2. The number of hydrogen-bond acceptors (Lipinski definition) is 6. The average Bonchev–Trinajstić information content (AvgIpc) is 3.40. The number of aromatic nitrogens is 4. The van der Waals surface area contributed by atoms with E-state index in [1.54, 1.807) is 36.4 Å². The minimum Gasteiger partial charge on any atom is -0.471 e. The van der Waals surface area contributed by atoms with Crippen LogP contribution in [0, 0.1) is 13.8 Å². The van der Waals surface area contributed by atoms with E-state index in [1.807, 2.05) is 13.8 Å². The fourth-order valence-corrected chi connectivity index (χ4v) is 4.24. The quantitative estimate of drug-likeness (QED) is 0.430. The number of carbonyl (C=O) groups is 2. The van der Waals surface area contributed by atoms with Crippen molar-refractivity contribution in [3.63, 3.8) is 0 Å². The Bertz CT molecular complexity index is 1300. The summed E-state index contributed by atoms with van der Waals surface area (Å²) in [6.45, 7) is 6.27. The summed E-state index contributed by atoms with van der Waals surface area (Å²) in [4.78, 5) is 43.4. The molecule has 3 aromatic heterocycles. The Morgan fingerprint density at radius 1 is 1.27 bits per heavy atom. The molecule has 1 aliphatic rings. The smallest absolute Gasteiger partial charge is 0.278 e. The van der Waals surface area contributed by atoms with Gasteiger partial charge in [0.1, 0.15) is 5.82 Å². The minimum absolute atomic E-state index is 0.0601. The molecule has 4 heterocycles. The number of nitrogens with zero attached hydrogens (tertiary/aromatic N) is 4. The molecule has 4 rings (SSSR count). The lowest BCUT2D eigenvalue weighted by Gasteiger charge is -2.25. The summed E-state index contributed by atoms with van der Waals surface area (Å²) in [6.07, 6.45) is 5.46. The van der Waals surface area contributed by atoms with Gasteiger partial charge in [-0.2, -0.15) is 0 Å². The van der Waals surface area contributed by atoms with E-state index in [0.717, 1.165) is 29.6 Å². The summed E-state index contributed by atoms with van der Waals surface area (Å²) in [7, 11) is 0. The monoisotopic (exact) mass is 512 g/mol. The van der Waals surface area contributed by atoms with E-state index < -0.39 is 12.5 Å². The number of pyridine rings is 2. The summed E-state index contributed by atoms with van der Waals surface area (Å²) in [6, 6.07) is 3.10. The summed E-state index contributed by atoms with van der Waals surface area (Å²) in [5.74, 6) is -2.37. The Labute approximate surface area is 213 Å². The third-order valence-electron chi connectivity index (χ3n) is 6.20. The van der Waals surface area contributed by atoms with Crippen LogP contribution >= 0.6 is 0 Å². The number of H-pyrrole nitrogens is 1. The summed E-state index contributed by atoms with van der Waals surface area (Å²) >= 11 is 0. The highest BCUT2D eigenvalue weighted by Gasteiger charge is 2.34. The van der Waals surface area contributed by atoms with Crippen molar-refractivity contribution >= 4 is 11.8 Å². The number of rotatable bonds is 10. The van der Waals surface area contributed by atoms with Crippen molar-refractivity contribution < 1.29 is 23.1 Å². The van der Waals surface area contributed by atoms with Crippen molar-refractivity contribution in [1.82, 2.24) is 30.2 Å². The molecule has 0 bridgehead atoms. The fourth-order valence-electron chi connectivity index (χ4n) is 4.24. The molecule has 11 heteroatoms. The van der Waals surface area contributed by atoms with Crippen LogP contribution in [0.1, 0.15) is 64.1 Å². The van der Waals surface area contributed by atoms with Gasteiger partial charge in [-0.1, -0.05) is 0 Å². The molecule has 2 N–H and O–H groups in total. The molecule has 37 heavy (non-hydrogen) atoms. The summed E-state index contributed by atoms with van der Waals surface area (Å²) < 4.78 is 31.4. The first kappa shape index (κ1) is 26.2. The maximum absolute atomic E-state index is 13.2. The Hall–Kier alpha value is -3.89. The van der Waals surface area contributed by atoms with E-state index >= 15 is 0 Å². The number of alkyl halides is 2. The first-order valence-corrected chi connectivity index (χ1v) is 12.0. The van der Waals surface area contributed by atoms with Crippen LogP contribution in [-0.2, 0) is 24.2 Å². The van der Waals surface area contributed by atoms with Crippen LogP contribution < -0.4 is 10.1 Å². The zero-order chi connectivity index (χ0) is 26.7. The van der Waals surface area contributed by atoms with Gasteiger partial charge in [-0.3, -0.25) is 14.6 Å². The molecule has 0 fully saturated rings. The molecular weight excluding hydrogens is 482 g/mol. The number of imidazole rings is 1. The maximum Gasteiger partial charge on any atom is 0.278 e. The van der Waals surface area contributed by atoms with Crippen LogP contribution in [0.4, 0.5) is 8.78 Å². The minimum atomic E-state index is -2.96. The number of halogens is 2. The van der Waals surface area contributed by atoms with Crippen molar-refractivity contribution in [1.29, 1.82) is 0 Å². The van der Waals surface area contributed by atoms with Gasteiger partial charge in [0.15, 0.2) is 6.61 Å². The molecule has 0 saturated heterocycles. The molecule has 0 radical (unpaired) electrons. The predicted octanol–water partition coefficient (Wildman–Crippen LogP) is 3.47. The Balaban J connectivity index is 1.40. The van der Waals surface area contributed by atoms with Crippen molar-refractivity contribution in [3.8, 4) is 5.88 Å². The third-order valence-corrected chi connectivity index (χ3v) is 6.20. The summed E-state index contributed by atoms with van der Waals surface area (Å²) in [5.41, 5.74) is 4.11. The summed E-state index contributed by atoms with van der Waals surface area (Å²) in [5, 5.41) is 2.88. The van der Waals surface area contributed by atoms with Crippen LogP contribution in [0.5, 0.6) is 5.88 Å². The number of aromatic amines is 1. The Kier molecular flexibility index (Phi) is 7.51. The zero-order valence-electron chi connectivity index (χ0n) is 21.3. The van der Waals surface area contributed by atoms with Gasteiger partial charge in [0, 0.05) is 67.4 Å². The number of fused-ring (bicyclic) bond motifs is 1. The molecule has 0 aliphatic carbocycles. The average molecular weight is 513 g/mol. The van der Waals surface area contributed by atoms with Gasteiger partial charge < -0.3 is 19.9 Å². The number of nitrogens with one attached hydrogen (secondary N) is 2. The maximum atomic E-state index is 13.2. The normalized spacial score (nSPS) is 14.0. The molecule has 196 valence electrons. The first-order chi connectivity index (χ1) is 17.5. The largest absolute Gasteiger partial charge is 0.471 e. The van der Waals surface area contributed by atoms with E-state index in [9.17, 15) is 18.4 Å².